The Labute approximate surface area is 309 Å². The second-order valence-corrected chi connectivity index (χ2v) is 21.8. The third-order valence-electron chi connectivity index (χ3n) is 10.2. The first-order valence-corrected chi connectivity index (χ1v) is 23.6. The maximum absolute atomic E-state index is 6.12. The molecule has 0 N–H and O–H groups in total. The van der Waals surface area contributed by atoms with E-state index in [1.165, 1.54) is 70.6 Å². The van der Waals surface area contributed by atoms with Crippen molar-refractivity contribution in [1.29, 1.82) is 0 Å². The molecular weight excluding hydrogens is 818 g/mol. The van der Waals surface area contributed by atoms with E-state index in [1.807, 2.05) is 17.9 Å². The Morgan fingerprint density at radius 1 is 0.740 bits per heavy atom. The summed E-state index contributed by atoms with van der Waals surface area (Å²) in [5.41, 5.74) is 9.12. The van der Waals surface area contributed by atoms with E-state index in [4.69, 9.17) is 4.74 Å². The van der Waals surface area contributed by atoms with E-state index in [2.05, 4.69) is 183 Å². The van der Waals surface area contributed by atoms with Gasteiger partial charge in [0, 0.05) is 0 Å². The van der Waals surface area contributed by atoms with Crippen LogP contribution in [0.25, 0.3) is 22.8 Å². The quantitative estimate of drug-likeness (QED) is 0.112. The van der Waals surface area contributed by atoms with Gasteiger partial charge >= 0.3 is 304 Å². The van der Waals surface area contributed by atoms with Crippen LogP contribution in [-0.4, -0.2) is 21.3 Å². The molecule has 5 aromatic carbocycles. The van der Waals surface area contributed by atoms with Crippen molar-refractivity contribution in [2.45, 2.75) is 33.4 Å². The summed E-state index contributed by atoms with van der Waals surface area (Å²) in [5, 5.41) is 8.28. The van der Waals surface area contributed by atoms with Crippen molar-refractivity contribution >= 4 is 53.3 Å². The van der Waals surface area contributed by atoms with Crippen LogP contribution in [0.15, 0.2) is 162 Å². The molecule has 0 unspecified atom stereocenters. The molecule has 1 fully saturated rings. The molecule has 0 amide bonds. The van der Waals surface area contributed by atoms with Gasteiger partial charge in [0.05, 0.1) is 0 Å². The summed E-state index contributed by atoms with van der Waals surface area (Å²) >= 11 is 1.86. The van der Waals surface area contributed by atoms with Gasteiger partial charge in [0.2, 0.25) is 0 Å². The van der Waals surface area contributed by atoms with Gasteiger partial charge < -0.3 is 0 Å². The number of benzene rings is 5. The van der Waals surface area contributed by atoms with Crippen LogP contribution in [0, 0.1) is 4.37 Å². The molecule has 4 heteroatoms. The molecule has 0 radical (unpaired) electrons. The zero-order chi connectivity index (χ0) is 34.7. The van der Waals surface area contributed by atoms with Gasteiger partial charge in [-0.2, -0.15) is 0 Å². The van der Waals surface area contributed by atoms with Gasteiger partial charge in [0.15, 0.2) is 0 Å². The van der Waals surface area contributed by atoms with Gasteiger partial charge in [-0.3, -0.25) is 0 Å². The number of hydrogen-bond acceptors (Lipinski definition) is 1. The molecule has 2 aliphatic rings. The van der Waals surface area contributed by atoms with Crippen molar-refractivity contribution in [2.24, 2.45) is 0 Å². The Hall–Kier alpha value is -3.92. The normalized spacial score (nSPS) is 17.1. The Balaban J connectivity index is 1.59. The first kappa shape index (κ1) is 34.5. The van der Waals surface area contributed by atoms with E-state index in [-0.39, 0.29) is 0 Å². The average molecular weight is 861 g/mol. The summed E-state index contributed by atoms with van der Waals surface area (Å²) in [4.78, 5) is 0. The van der Waals surface area contributed by atoms with E-state index in [0.717, 1.165) is 6.42 Å². The summed E-state index contributed by atoms with van der Waals surface area (Å²) in [5.74, 6) is 0. The second kappa shape index (κ2) is 14.7. The summed E-state index contributed by atoms with van der Waals surface area (Å²) in [6.45, 7) is 10.6. The first-order chi connectivity index (χ1) is 24.4. The van der Waals surface area contributed by atoms with Crippen LogP contribution < -0.4 is 26.3 Å². The number of rotatable bonds is 8. The van der Waals surface area contributed by atoms with Crippen molar-refractivity contribution in [3.8, 4) is 15.5 Å². The molecule has 1 saturated heterocycles. The minimum absolute atomic E-state index is 0.617. The topological polar surface area (TPSA) is 9.23 Å². The van der Waals surface area contributed by atoms with Crippen molar-refractivity contribution in [2.75, 3.05) is 13.2 Å². The molecule has 0 atom stereocenters. The maximum atomic E-state index is 6.12. The standard InChI is InChI=1S/C46H43OPSi.Os/c1-6-17-35-25-27-42-43-28-26-36(31-46(43)49(4,5)45(42)29-35)44(30-38-33-47-32-37(38)18-7-2)34(3)48(39-19-11-8-12-20-39,40-21-13-9-14-22-40)41-23-15-10-16-24-41;/h6,8-31H,7,32-33H2,1-2,4-5H3;/q+1;/b17-6+,37-18?,38-30?,44-34?;. The molecule has 2 aliphatic heterocycles. The Bertz CT molecular complexity index is 2110. The molecular formula is C46H43OOsPSi+. The molecule has 0 spiro atoms. The molecule has 0 aromatic heterocycles. The summed E-state index contributed by atoms with van der Waals surface area (Å²) in [6, 6.07) is 47.9. The second-order valence-electron chi connectivity index (χ2n) is 13.5. The van der Waals surface area contributed by atoms with Crippen molar-refractivity contribution in [3.05, 3.63) is 173 Å². The van der Waals surface area contributed by atoms with Crippen LogP contribution in [0.5, 0.6) is 0 Å². The van der Waals surface area contributed by atoms with Crippen LogP contribution in [0.3, 0.4) is 0 Å². The van der Waals surface area contributed by atoms with Gasteiger partial charge in [0.1, 0.15) is 0 Å². The van der Waals surface area contributed by atoms with Crippen LogP contribution >= 0.6 is 7.26 Å². The van der Waals surface area contributed by atoms with E-state index in [1.54, 1.807) is 0 Å². The summed E-state index contributed by atoms with van der Waals surface area (Å²) in [7, 11) is -4.42. The third-order valence-corrected chi connectivity index (χ3v) is 19.1. The fourth-order valence-corrected chi connectivity index (χ4v) is 16.7. The molecule has 0 aliphatic carbocycles. The van der Waals surface area contributed by atoms with Crippen LogP contribution in [-0.2, 0) is 22.7 Å². The van der Waals surface area contributed by atoms with Gasteiger partial charge in [0.25, 0.3) is 0 Å². The van der Waals surface area contributed by atoms with E-state index < -0.39 is 15.3 Å². The third kappa shape index (κ3) is 6.07. The summed E-state index contributed by atoms with van der Waals surface area (Å²) in [6.07, 6.45) is 10.1. The SMILES string of the molecule is C/C=C/c1ccc2c(c1)[Si](C)(C)c1cc(C(C=C3COCC3=CCC)=C([C]#[Os])[P+](c3ccccc3)(c3ccccc3)c3ccccc3)ccc1-2. The van der Waals surface area contributed by atoms with Crippen molar-refractivity contribution in [3.63, 3.8) is 0 Å². The molecule has 7 rings (SSSR count). The predicted octanol–water partition coefficient (Wildman–Crippen LogP) is 9.03. The number of allylic oxidation sites excluding steroid dienone is 5. The summed E-state index contributed by atoms with van der Waals surface area (Å²) < 4.78 is 10.1. The first-order valence-electron chi connectivity index (χ1n) is 17.5. The number of fused-ring (bicyclic) bond motifs is 3. The number of ether oxygens (including phenoxy) is 1. The van der Waals surface area contributed by atoms with Crippen LogP contribution in [0.2, 0.25) is 13.1 Å². The number of hydrogen-bond donors (Lipinski definition) is 0. The minimum atomic E-state index is -2.43. The van der Waals surface area contributed by atoms with Crippen molar-refractivity contribution in [1.82, 2.24) is 0 Å². The molecule has 249 valence electrons. The predicted molar refractivity (Wildman–Crippen MR) is 217 cm³/mol. The molecule has 50 heavy (non-hydrogen) atoms. The van der Waals surface area contributed by atoms with E-state index >= 15 is 0 Å². The van der Waals surface area contributed by atoms with Crippen LogP contribution in [0.4, 0.5) is 0 Å². The van der Waals surface area contributed by atoms with Crippen molar-refractivity contribution < 1.29 is 22.7 Å². The molecule has 1 nitrogen and oxygen atoms in total. The fraction of sp³-hybridized carbons (Fsp3) is 0.152. The Kier molecular flexibility index (Phi) is 10.2. The zero-order valence-corrected chi connectivity index (χ0v) is 33.7. The van der Waals surface area contributed by atoms with Crippen LogP contribution in [0.1, 0.15) is 31.4 Å². The van der Waals surface area contributed by atoms with E-state index in [0.29, 0.717) is 13.2 Å². The zero-order valence-electron chi connectivity index (χ0n) is 29.3. The average Bonchev–Trinajstić information content (AvgIpc) is 3.69. The monoisotopic (exact) mass is 862 g/mol. The van der Waals surface area contributed by atoms with Gasteiger partial charge in [-0.1, -0.05) is 0 Å². The van der Waals surface area contributed by atoms with Gasteiger partial charge in [-0.25, -0.2) is 0 Å². The van der Waals surface area contributed by atoms with Gasteiger partial charge in [-0.05, 0) is 6.92 Å². The fourth-order valence-electron chi connectivity index (χ4n) is 7.79. The molecule has 0 bridgehead atoms. The Morgan fingerprint density at radius 3 is 1.82 bits per heavy atom. The molecule has 5 aromatic rings. The Morgan fingerprint density at radius 2 is 1.28 bits per heavy atom. The van der Waals surface area contributed by atoms with E-state index in [9.17, 15) is 0 Å². The van der Waals surface area contributed by atoms with Gasteiger partial charge in [-0.15, -0.1) is 0 Å². The molecule has 2 heterocycles. The molecule has 0 saturated carbocycles.